The molecule has 1 aliphatic heterocycles. The number of hydrogen-bond acceptors (Lipinski definition) is 5. The van der Waals surface area contributed by atoms with E-state index in [1.807, 2.05) is 51.1 Å². The molecule has 4 heterocycles. The summed E-state index contributed by atoms with van der Waals surface area (Å²) in [5.41, 5.74) is 6.99. The smallest absolute Gasteiger partial charge is 0.272 e. The van der Waals surface area contributed by atoms with Gasteiger partial charge in [0.25, 0.3) is 5.91 Å². The molecule has 7 nitrogen and oxygen atoms in total. The van der Waals surface area contributed by atoms with Crippen LogP contribution in [-0.4, -0.2) is 38.1 Å². The lowest BCUT2D eigenvalue weighted by atomic mass is 10.0. The minimum absolute atomic E-state index is 0.136. The molecular weight excluding hydrogens is 390 g/mol. The Morgan fingerprint density at radius 2 is 2.06 bits per heavy atom. The van der Waals surface area contributed by atoms with Gasteiger partial charge in [-0.2, -0.15) is 5.10 Å². The fourth-order valence-corrected chi connectivity index (χ4v) is 4.10. The van der Waals surface area contributed by atoms with Crippen LogP contribution < -0.4 is 10.1 Å². The lowest BCUT2D eigenvalue weighted by molar-refractivity contribution is 0.0928. The number of nitrogens with one attached hydrogen (secondary N) is 1. The topological polar surface area (TPSA) is 81.4 Å². The van der Waals surface area contributed by atoms with Gasteiger partial charge in [-0.1, -0.05) is 18.2 Å². The fourth-order valence-electron chi connectivity index (χ4n) is 4.10. The summed E-state index contributed by atoms with van der Waals surface area (Å²) in [6.07, 6.45) is 2.39. The van der Waals surface area contributed by atoms with Crippen molar-refractivity contribution in [2.75, 3.05) is 6.54 Å². The number of nitrogens with zero attached hydrogens (tertiary/aromatic N) is 4. The zero-order valence-electron chi connectivity index (χ0n) is 17.7. The van der Waals surface area contributed by atoms with Crippen LogP contribution in [0.3, 0.4) is 0 Å². The molecule has 0 radical (unpaired) electrons. The lowest BCUT2D eigenvalue weighted by Crippen LogP contribution is -2.34. The Balaban J connectivity index is 1.31. The monoisotopic (exact) mass is 413 g/mol. The molecular formula is C24H23N5O2. The van der Waals surface area contributed by atoms with Crippen LogP contribution in [0.1, 0.15) is 33.0 Å². The third-order valence-electron chi connectivity index (χ3n) is 5.55. The summed E-state index contributed by atoms with van der Waals surface area (Å²) in [5, 5.41) is 7.35. The molecule has 1 aromatic carbocycles. The van der Waals surface area contributed by atoms with E-state index in [1.165, 1.54) is 0 Å². The molecule has 1 aliphatic rings. The van der Waals surface area contributed by atoms with E-state index in [2.05, 4.69) is 26.4 Å². The normalized spacial score (nSPS) is 15.0. The number of pyridine rings is 1. The average Bonchev–Trinajstić information content (AvgIpc) is 3.36. The van der Waals surface area contributed by atoms with Gasteiger partial charge in [-0.3, -0.25) is 9.78 Å². The summed E-state index contributed by atoms with van der Waals surface area (Å²) < 4.78 is 7.92. The summed E-state index contributed by atoms with van der Waals surface area (Å²) in [7, 11) is 0. The van der Waals surface area contributed by atoms with Crippen LogP contribution in [0.2, 0.25) is 0 Å². The summed E-state index contributed by atoms with van der Waals surface area (Å²) >= 11 is 0. The lowest BCUT2D eigenvalue weighted by Gasteiger charge is -2.13. The van der Waals surface area contributed by atoms with Gasteiger partial charge in [-0.05, 0) is 50.1 Å². The maximum Gasteiger partial charge on any atom is 0.272 e. The maximum absolute atomic E-state index is 12.7. The van der Waals surface area contributed by atoms with E-state index in [0.29, 0.717) is 17.9 Å². The molecule has 156 valence electrons. The van der Waals surface area contributed by atoms with Gasteiger partial charge in [0.2, 0.25) is 0 Å². The van der Waals surface area contributed by atoms with Crippen LogP contribution in [0.5, 0.6) is 5.75 Å². The van der Waals surface area contributed by atoms with Crippen molar-refractivity contribution in [3.05, 3.63) is 76.9 Å². The Morgan fingerprint density at radius 1 is 1.19 bits per heavy atom. The molecule has 7 heteroatoms. The predicted molar refractivity (Wildman–Crippen MR) is 117 cm³/mol. The third kappa shape index (κ3) is 3.52. The fraction of sp³-hybridized carbons (Fsp3) is 0.250. The molecule has 1 amide bonds. The number of benzene rings is 1. The highest BCUT2D eigenvalue weighted by Crippen LogP contribution is 2.38. The Morgan fingerprint density at radius 3 is 2.90 bits per heavy atom. The van der Waals surface area contributed by atoms with Crippen molar-refractivity contribution in [2.45, 2.75) is 33.3 Å². The molecule has 3 aromatic heterocycles. The van der Waals surface area contributed by atoms with Gasteiger partial charge in [0, 0.05) is 35.6 Å². The van der Waals surface area contributed by atoms with Crippen LogP contribution in [0.25, 0.3) is 16.9 Å². The van der Waals surface area contributed by atoms with Gasteiger partial charge < -0.3 is 10.1 Å². The third-order valence-corrected chi connectivity index (χ3v) is 5.55. The second-order valence-corrected chi connectivity index (χ2v) is 7.96. The number of aryl methyl sites for hydroxylation is 3. The molecule has 1 atom stereocenters. The van der Waals surface area contributed by atoms with E-state index in [9.17, 15) is 4.79 Å². The van der Waals surface area contributed by atoms with E-state index in [1.54, 1.807) is 16.8 Å². The average molecular weight is 413 g/mol. The zero-order chi connectivity index (χ0) is 21.5. The molecule has 0 saturated heterocycles. The molecule has 1 N–H and O–H groups in total. The highest BCUT2D eigenvalue weighted by atomic mass is 16.5. The first kappa shape index (κ1) is 19.2. The van der Waals surface area contributed by atoms with Crippen LogP contribution in [0.15, 0.2) is 48.7 Å². The Hall–Kier alpha value is -3.74. The molecule has 4 aromatic rings. The van der Waals surface area contributed by atoms with Gasteiger partial charge in [-0.25, -0.2) is 9.50 Å². The summed E-state index contributed by atoms with van der Waals surface area (Å²) in [4.78, 5) is 21.7. The van der Waals surface area contributed by atoms with E-state index in [0.717, 1.165) is 45.9 Å². The van der Waals surface area contributed by atoms with Crippen molar-refractivity contribution in [1.82, 2.24) is 24.9 Å². The minimum Gasteiger partial charge on any atom is -0.487 e. The number of para-hydroxylation sites is 1. The van der Waals surface area contributed by atoms with Gasteiger partial charge >= 0.3 is 0 Å². The number of amides is 1. The molecule has 0 spiro atoms. The Kier molecular flexibility index (Phi) is 4.66. The van der Waals surface area contributed by atoms with Crippen LogP contribution in [0, 0.1) is 20.8 Å². The number of hydrogen-bond donors (Lipinski definition) is 1. The number of rotatable bonds is 4. The SMILES string of the molecule is Cc1cc(C)n2nc(C(=O)NCC3Cc4cccc(-c5ncccc5C)c4O3)cc2n1. The highest BCUT2D eigenvalue weighted by Gasteiger charge is 2.27. The van der Waals surface area contributed by atoms with E-state index >= 15 is 0 Å². The van der Waals surface area contributed by atoms with Gasteiger partial charge in [0.05, 0.1) is 12.2 Å². The number of carbonyl (C=O) groups excluding carboxylic acids is 1. The molecule has 0 aliphatic carbocycles. The molecule has 1 unspecified atom stereocenters. The van der Waals surface area contributed by atoms with E-state index < -0.39 is 0 Å². The largest absolute Gasteiger partial charge is 0.487 e. The van der Waals surface area contributed by atoms with Crippen molar-refractivity contribution in [2.24, 2.45) is 0 Å². The van der Waals surface area contributed by atoms with Crippen LogP contribution in [-0.2, 0) is 6.42 Å². The Bertz CT molecular complexity index is 1310. The van der Waals surface area contributed by atoms with Crippen molar-refractivity contribution < 1.29 is 9.53 Å². The number of carbonyl (C=O) groups is 1. The van der Waals surface area contributed by atoms with Crippen molar-refractivity contribution in [3.63, 3.8) is 0 Å². The Labute approximate surface area is 180 Å². The molecule has 0 bridgehead atoms. The predicted octanol–water partition coefficient (Wildman–Crippen LogP) is 3.45. The second kappa shape index (κ2) is 7.50. The van der Waals surface area contributed by atoms with Gasteiger partial charge in [-0.15, -0.1) is 0 Å². The second-order valence-electron chi connectivity index (χ2n) is 7.96. The summed E-state index contributed by atoms with van der Waals surface area (Å²) in [5.74, 6) is 0.620. The molecule has 31 heavy (non-hydrogen) atoms. The van der Waals surface area contributed by atoms with E-state index in [-0.39, 0.29) is 12.0 Å². The number of aromatic nitrogens is 4. The van der Waals surface area contributed by atoms with Crippen molar-refractivity contribution in [3.8, 4) is 17.0 Å². The molecule has 5 rings (SSSR count). The first-order valence-electron chi connectivity index (χ1n) is 10.3. The zero-order valence-corrected chi connectivity index (χ0v) is 17.7. The van der Waals surface area contributed by atoms with Crippen molar-refractivity contribution in [1.29, 1.82) is 0 Å². The van der Waals surface area contributed by atoms with Crippen LogP contribution in [0.4, 0.5) is 0 Å². The highest BCUT2D eigenvalue weighted by molar-refractivity contribution is 5.93. The molecule has 0 fully saturated rings. The van der Waals surface area contributed by atoms with Gasteiger partial charge in [0.1, 0.15) is 11.9 Å². The summed E-state index contributed by atoms with van der Waals surface area (Å²) in [6, 6.07) is 13.7. The number of fused-ring (bicyclic) bond motifs is 2. The van der Waals surface area contributed by atoms with Crippen LogP contribution >= 0.6 is 0 Å². The summed E-state index contributed by atoms with van der Waals surface area (Å²) in [6.45, 7) is 6.31. The van der Waals surface area contributed by atoms with E-state index in [4.69, 9.17) is 4.74 Å². The van der Waals surface area contributed by atoms with Crippen molar-refractivity contribution >= 4 is 11.6 Å². The molecule has 0 saturated carbocycles. The maximum atomic E-state index is 12.7. The first-order valence-corrected chi connectivity index (χ1v) is 10.3. The first-order chi connectivity index (χ1) is 15.0. The standard InChI is InChI=1S/C24H23N5O2/c1-14-6-5-9-25-22(14)19-8-4-7-17-11-18(31-23(17)19)13-26-24(30)20-12-21-27-15(2)10-16(3)29(21)28-20/h4-10,12,18H,11,13H2,1-3H3,(H,26,30). The number of ether oxygens (including phenoxy) is 1. The quantitative estimate of drug-likeness (QED) is 0.554. The minimum atomic E-state index is -0.233. The van der Waals surface area contributed by atoms with Gasteiger partial charge in [0.15, 0.2) is 11.3 Å².